The minimum atomic E-state index is -4.72. The Hall–Kier alpha value is -2.60. The summed E-state index contributed by atoms with van der Waals surface area (Å²) in [6, 6.07) is 7.26. The third-order valence-electron chi connectivity index (χ3n) is 4.56. The van der Waals surface area contributed by atoms with Crippen molar-refractivity contribution in [3.8, 4) is 17.5 Å². The zero-order chi connectivity index (χ0) is 18.7. The minimum absolute atomic E-state index is 0.0143. The molecule has 1 aromatic heterocycles. The molecule has 9 heteroatoms. The van der Waals surface area contributed by atoms with Crippen LogP contribution in [0, 0.1) is 17.2 Å². The number of hydrogen-bond donors (Lipinski definition) is 1. The van der Waals surface area contributed by atoms with Crippen molar-refractivity contribution in [2.75, 3.05) is 0 Å². The van der Waals surface area contributed by atoms with Gasteiger partial charge in [-0.15, -0.1) is 13.2 Å². The first-order chi connectivity index (χ1) is 12.4. The maximum Gasteiger partial charge on any atom is 0.573 e. The molecule has 0 amide bonds. The number of benzene rings is 1. The highest BCUT2D eigenvalue weighted by Gasteiger charge is 2.31. The normalized spacial score (nSPS) is 21.8. The largest absolute Gasteiger partial charge is 0.573 e. The van der Waals surface area contributed by atoms with Crippen LogP contribution in [0.3, 0.4) is 0 Å². The van der Waals surface area contributed by atoms with Crippen molar-refractivity contribution < 1.29 is 23.0 Å². The van der Waals surface area contributed by atoms with E-state index in [0.717, 1.165) is 25.7 Å². The molecule has 0 radical (unpaired) electrons. The van der Waals surface area contributed by atoms with Crippen molar-refractivity contribution in [3.05, 3.63) is 36.4 Å². The Labute approximate surface area is 147 Å². The molecule has 1 atom stereocenters. The van der Waals surface area contributed by atoms with Gasteiger partial charge in [-0.2, -0.15) is 10.4 Å². The van der Waals surface area contributed by atoms with E-state index in [1.54, 1.807) is 0 Å². The lowest BCUT2D eigenvalue weighted by atomic mass is 9.79. The Morgan fingerprint density at radius 3 is 2.42 bits per heavy atom. The first-order valence-corrected chi connectivity index (χ1v) is 8.21. The van der Waals surface area contributed by atoms with Gasteiger partial charge in [-0.1, -0.05) is 0 Å². The Morgan fingerprint density at radius 2 is 1.85 bits per heavy atom. The van der Waals surface area contributed by atoms with Crippen LogP contribution in [-0.2, 0) is 0 Å². The summed E-state index contributed by atoms with van der Waals surface area (Å²) in [6.45, 7) is 0. The SMILES string of the molecule is N#CC(O)C1CCC(c2ncn(-c3ccc(OC(F)(F)F)cc3)n2)CC1. The fourth-order valence-corrected chi connectivity index (χ4v) is 3.19. The second-order valence-corrected chi connectivity index (χ2v) is 6.27. The Morgan fingerprint density at radius 1 is 1.19 bits per heavy atom. The molecule has 6 nitrogen and oxygen atoms in total. The van der Waals surface area contributed by atoms with Crippen molar-refractivity contribution in [2.45, 2.75) is 44.1 Å². The zero-order valence-corrected chi connectivity index (χ0v) is 13.7. The van der Waals surface area contributed by atoms with Crippen LogP contribution in [0.25, 0.3) is 5.69 Å². The third kappa shape index (κ3) is 4.32. The van der Waals surface area contributed by atoms with Gasteiger partial charge >= 0.3 is 6.36 Å². The Bertz CT molecular complexity index is 775. The number of alkyl halides is 3. The van der Waals surface area contributed by atoms with Crippen LogP contribution >= 0.6 is 0 Å². The summed E-state index contributed by atoms with van der Waals surface area (Å²) in [7, 11) is 0. The highest BCUT2D eigenvalue weighted by molar-refractivity contribution is 5.36. The van der Waals surface area contributed by atoms with Crippen molar-refractivity contribution in [2.24, 2.45) is 5.92 Å². The maximum absolute atomic E-state index is 12.2. The van der Waals surface area contributed by atoms with Gasteiger partial charge in [0, 0.05) is 5.92 Å². The van der Waals surface area contributed by atoms with Gasteiger partial charge in [-0.25, -0.2) is 9.67 Å². The summed E-state index contributed by atoms with van der Waals surface area (Å²) in [5, 5.41) is 22.8. The molecule has 1 aliphatic rings. The molecule has 3 rings (SSSR count). The van der Waals surface area contributed by atoms with Crippen LogP contribution in [0.1, 0.15) is 37.4 Å². The van der Waals surface area contributed by atoms with Gasteiger partial charge in [0.05, 0.1) is 11.8 Å². The molecule has 2 aromatic rings. The molecule has 1 heterocycles. The number of nitriles is 1. The van der Waals surface area contributed by atoms with Crippen LogP contribution in [0.4, 0.5) is 13.2 Å². The van der Waals surface area contributed by atoms with E-state index < -0.39 is 12.5 Å². The molecule has 1 aliphatic carbocycles. The highest BCUT2D eigenvalue weighted by atomic mass is 19.4. The van der Waals surface area contributed by atoms with E-state index in [-0.39, 0.29) is 17.6 Å². The molecule has 138 valence electrons. The van der Waals surface area contributed by atoms with Crippen LogP contribution in [0.5, 0.6) is 5.75 Å². The first-order valence-electron chi connectivity index (χ1n) is 8.21. The Kier molecular flexibility index (Phi) is 5.13. The van der Waals surface area contributed by atoms with Crippen molar-refractivity contribution in [1.29, 1.82) is 5.26 Å². The molecule has 1 N–H and O–H groups in total. The van der Waals surface area contributed by atoms with E-state index in [9.17, 15) is 18.3 Å². The van der Waals surface area contributed by atoms with Crippen LogP contribution in [0.15, 0.2) is 30.6 Å². The maximum atomic E-state index is 12.2. The minimum Gasteiger partial charge on any atom is -0.406 e. The predicted molar refractivity (Wildman–Crippen MR) is 84.4 cm³/mol. The number of aliphatic hydroxyl groups is 1. The van der Waals surface area contributed by atoms with Gasteiger partial charge in [0.2, 0.25) is 0 Å². The third-order valence-corrected chi connectivity index (χ3v) is 4.56. The average molecular weight is 366 g/mol. The van der Waals surface area contributed by atoms with E-state index in [1.165, 1.54) is 35.3 Å². The lowest BCUT2D eigenvalue weighted by Gasteiger charge is -2.27. The second kappa shape index (κ2) is 7.33. The molecule has 1 fully saturated rings. The summed E-state index contributed by atoms with van der Waals surface area (Å²) in [4.78, 5) is 4.30. The molecule has 0 spiro atoms. The number of hydrogen-bond acceptors (Lipinski definition) is 5. The van der Waals surface area contributed by atoms with E-state index in [1.807, 2.05) is 6.07 Å². The van der Waals surface area contributed by atoms with Crippen molar-refractivity contribution in [1.82, 2.24) is 14.8 Å². The molecular formula is C17H17F3N4O2. The van der Waals surface area contributed by atoms with Gasteiger partial charge in [0.15, 0.2) is 5.82 Å². The summed E-state index contributed by atoms with van der Waals surface area (Å²) >= 11 is 0. The van der Waals surface area contributed by atoms with Gasteiger partial charge in [0.1, 0.15) is 18.2 Å². The van der Waals surface area contributed by atoms with Crippen LogP contribution in [0.2, 0.25) is 0 Å². The van der Waals surface area contributed by atoms with Gasteiger partial charge < -0.3 is 9.84 Å². The fourth-order valence-electron chi connectivity index (χ4n) is 3.19. The molecule has 26 heavy (non-hydrogen) atoms. The van der Waals surface area contributed by atoms with Gasteiger partial charge in [0.25, 0.3) is 0 Å². The molecule has 1 saturated carbocycles. The number of aliphatic hydroxyl groups excluding tert-OH is 1. The molecular weight excluding hydrogens is 349 g/mol. The predicted octanol–water partition coefficient (Wildman–Crippen LogP) is 3.32. The Balaban J connectivity index is 1.64. The molecule has 0 aliphatic heterocycles. The van der Waals surface area contributed by atoms with E-state index in [2.05, 4.69) is 14.8 Å². The summed E-state index contributed by atoms with van der Waals surface area (Å²) in [5.74, 6) is 0.493. The lowest BCUT2D eigenvalue weighted by Crippen LogP contribution is -2.24. The fraction of sp³-hybridized carbons (Fsp3) is 0.471. The number of aromatic nitrogens is 3. The summed E-state index contributed by atoms with van der Waals surface area (Å²) in [6.07, 6.45) is -1.10. The quantitative estimate of drug-likeness (QED) is 0.839. The van der Waals surface area contributed by atoms with Gasteiger partial charge in [-0.3, -0.25) is 0 Å². The number of rotatable bonds is 4. The average Bonchev–Trinajstić information content (AvgIpc) is 3.10. The lowest BCUT2D eigenvalue weighted by molar-refractivity contribution is -0.274. The number of halogens is 3. The molecule has 0 bridgehead atoms. The van der Waals surface area contributed by atoms with Crippen LogP contribution in [-0.4, -0.2) is 32.3 Å². The van der Waals surface area contributed by atoms with E-state index in [4.69, 9.17) is 5.26 Å². The molecule has 1 unspecified atom stereocenters. The smallest absolute Gasteiger partial charge is 0.406 e. The second-order valence-electron chi connectivity index (χ2n) is 6.27. The summed E-state index contributed by atoms with van der Waals surface area (Å²) < 4.78 is 41.9. The molecule has 0 saturated heterocycles. The van der Waals surface area contributed by atoms with Gasteiger partial charge in [-0.05, 0) is 55.9 Å². The van der Waals surface area contributed by atoms with E-state index >= 15 is 0 Å². The first kappa shape index (κ1) is 18.2. The number of nitrogens with zero attached hydrogens (tertiary/aromatic N) is 4. The summed E-state index contributed by atoms with van der Waals surface area (Å²) in [5.41, 5.74) is 0.576. The topological polar surface area (TPSA) is 84.0 Å². The van der Waals surface area contributed by atoms with Crippen molar-refractivity contribution in [3.63, 3.8) is 0 Å². The molecule has 1 aromatic carbocycles. The van der Waals surface area contributed by atoms with E-state index in [0.29, 0.717) is 11.5 Å². The zero-order valence-electron chi connectivity index (χ0n) is 13.7. The standard InChI is InChI=1S/C17H17F3N4O2/c18-17(19,20)26-14-7-5-13(6-8-14)24-10-22-16(23-24)12-3-1-11(2-4-12)15(25)9-21/h5-8,10-12,15,25H,1-4H2. The monoisotopic (exact) mass is 366 g/mol. The highest BCUT2D eigenvalue weighted by Crippen LogP contribution is 2.35. The van der Waals surface area contributed by atoms with Crippen molar-refractivity contribution >= 4 is 0 Å². The number of ether oxygens (including phenoxy) is 1. The van der Waals surface area contributed by atoms with Crippen LogP contribution < -0.4 is 4.74 Å².